The maximum atomic E-state index is 11.5. The molecular weight excluding hydrogens is 202 g/mol. The van der Waals surface area contributed by atoms with E-state index in [1.807, 2.05) is 0 Å². The maximum absolute atomic E-state index is 11.5. The Bertz CT molecular complexity index is 233. The summed E-state index contributed by atoms with van der Waals surface area (Å²) in [6.07, 6.45) is 4.85. The van der Waals surface area contributed by atoms with Crippen LogP contribution in [0.25, 0.3) is 0 Å². The lowest BCUT2D eigenvalue weighted by Gasteiger charge is -2.40. The molecule has 0 aromatic rings. The highest BCUT2D eigenvalue weighted by Gasteiger charge is 2.34. The molecule has 0 radical (unpaired) electrons. The first-order valence-corrected chi connectivity index (χ1v) is 6.23. The van der Waals surface area contributed by atoms with Crippen molar-refractivity contribution in [1.29, 1.82) is 0 Å². The summed E-state index contributed by atoms with van der Waals surface area (Å²) in [5.74, 6) is 0.603. The molecule has 3 nitrogen and oxygen atoms in total. The number of amides is 1. The molecule has 16 heavy (non-hydrogen) atoms. The van der Waals surface area contributed by atoms with Crippen LogP contribution in [-0.2, 0) is 9.53 Å². The van der Waals surface area contributed by atoms with Gasteiger partial charge in [0.1, 0.15) is 6.61 Å². The molecule has 1 aliphatic rings. The van der Waals surface area contributed by atoms with Crippen molar-refractivity contribution in [2.45, 2.75) is 52.5 Å². The van der Waals surface area contributed by atoms with E-state index in [9.17, 15) is 4.79 Å². The number of carbonyl (C=O) groups is 1. The van der Waals surface area contributed by atoms with Gasteiger partial charge in [-0.2, -0.15) is 0 Å². The third kappa shape index (κ3) is 3.78. The predicted molar refractivity (Wildman–Crippen MR) is 65.2 cm³/mol. The number of hydrogen-bond acceptors (Lipinski definition) is 2. The van der Waals surface area contributed by atoms with E-state index in [4.69, 9.17) is 4.74 Å². The van der Waals surface area contributed by atoms with Crippen LogP contribution in [0.1, 0.15) is 46.5 Å². The van der Waals surface area contributed by atoms with E-state index in [0.29, 0.717) is 12.0 Å². The zero-order valence-electron chi connectivity index (χ0n) is 11.0. The summed E-state index contributed by atoms with van der Waals surface area (Å²) in [7, 11) is 1.56. The lowest BCUT2D eigenvalue weighted by Crippen LogP contribution is -2.47. The lowest BCUT2D eigenvalue weighted by molar-refractivity contribution is -0.126. The van der Waals surface area contributed by atoms with Crippen LogP contribution < -0.4 is 5.32 Å². The Morgan fingerprint density at radius 3 is 2.50 bits per heavy atom. The van der Waals surface area contributed by atoms with Gasteiger partial charge in [0, 0.05) is 13.2 Å². The van der Waals surface area contributed by atoms with Crippen LogP contribution in [0.5, 0.6) is 0 Å². The van der Waals surface area contributed by atoms with E-state index in [1.54, 1.807) is 7.11 Å². The number of nitrogens with one attached hydrogen (secondary N) is 1. The first-order chi connectivity index (χ1) is 7.45. The van der Waals surface area contributed by atoms with E-state index >= 15 is 0 Å². The second-order valence-corrected chi connectivity index (χ2v) is 5.86. The Morgan fingerprint density at radius 2 is 1.94 bits per heavy atom. The fourth-order valence-corrected chi connectivity index (χ4v) is 2.72. The van der Waals surface area contributed by atoms with Crippen molar-refractivity contribution in [2.75, 3.05) is 13.7 Å². The second-order valence-electron chi connectivity index (χ2n) is 5.86. The van der Waals surface area contributed by atoms with E-state index < -0.39 is 0 Å². The molecule has 1 aliphatic carbocycles. The summed E-state index contributed by atoms with van der Waals surface area (Å²) >= 11 is 0. The summed E-state index contributed by atoms with van der Waals surface area (Å²) in [5, 5.41) is 3.11. The summed E-state index contributed by atoms with van der Waals surface area (Å²) in [4.78, 5) is 11.5. The van der Waals surface area contributed by atoms with E-state index in [-0.39, 0.29) is 17.9 Å². The second kappa shape index (κ2) is 5.67. The van der Waals surface area contributed by atoms with Crippen LogP contribution in [0.3, 0.4) is 0 Å². The molecule has 94 valence electrons. The van der Waals surface area contributed by atoms with Crippen LogP contribution in [0, 0.1) is 11.3 Å². The van der Waals surface area contributed by atoms with Crippen LogP contribution in [0.4, 0.5) is 0 Å². The largest absolute Gasteiger partial charge is 0.375 e. The topological polar surface area (TPSA) is 38.3 Å². The maximum Gasteiger partial charge on any atom is 0.246 e. The van der Waals surface area contributed by atoms with Crippen LogP contribution >= 0.6 is 0 Å². The molecule has 0 aliphatic heterocycles. The van der Waals surface area contributed by atoms with Gasteiger partial charge in [-0.1, -0.05) is 33.6 Å². The highest BCUT2D eigenvalue weighted by atomic mass is 16.5. The molecule has 0 bridgehead atoms. The van der Waals surface area contributed by atoms with Gasteiger partial charge >= 0.3 is 0 Å². The van der Waals surface area contributed by atoms with Gasteiger partial charge in [0.2, 0.25) is 5.91 Å². The van der Waals surface area contributed by atoms with E-state index in [1.165, 1.54) is 19.3 Å². The number of carbonyl (C=O) groups excluding carboxylic acids is 1. The van der Waals surface area contributed by atoms with Gasteiger partial charge in [0.25, 0.3) is 0 Å². The minimum Gasteiger partial charge on any atom is -0.375 e. The molecule has 2 atom stereocenters. The van der Waals surface area contributed by atoms with Crippen LogP contribution in [-0.4, -0.2) is 25.7 Å². The van der Waals surface area contributed by atoms with Crippen LogP contribution in [0.15, 0.2) is 0 Å². The fourth-order valence-electron chi connectivity index (χ4n) is 2.72. The van der Waals surface area contributed by atoms with Gasteiger partial charge in [-0.05, 0) is 24.2 Å². The van der Waals surface area contributed by atoms with Gasteiger partial charge in [0.05, 0.1) is 0 Å². The highest BCUT2D eigenvalue weighted by molar-refractivity contribution is 5.77. The zero-order chi connectivity index (χ0) is 12.2. The Labute approximate surface area is 98.9 Å². The minimum atomic E-state index is 0.0173. The predicted octanol–water partition coefficient (Wildman–Crippen LogP) is 2.35. The average molecular weight is 227 g/mol. The number of methoxy groups -OCH3 is 1. The molecule has 1 fully saturated rings. The summed E-state index contributed by atoms with van der Waals surface area (Å²) in [5.41, 5.74) is 0.269. The summed E-state index contributed by atoms with van der Waals surface area (Å²) in [6, 6.07) is 0.330. The molecule has 0 heterocycles. The molecule has 1 saturated carbocycles. The highest BCUT2D eigenvalue weighted by Crippen LogP contribution is 2.37. The third-order valence-electron chi connectivity index (χ3n) is 3.50. The standard InChI is InChI=1S/C13H25NO2/c1-13(2,3)10-7-5-6-8-11(10)14-12(15)9-16-4/h10-11H,5-9H2,1-4H3,(H,14,15). The lowest BCUT2D eigenvalue weighted by atomic mass is 9.69. The first-order valence-electron chi connectivity index (χ1n) is 6.23. The Hall–Kier alpha value is -0.570. The van der Waals surface area contributed by atoms with Crippen molar-refractivity contribution >= 4 is 5.91 Å². The SMILES string of the molecule is COCC(=O)NC1CCCCC1C(C)(C)C. The van der Waals surface area contributed by atoms with Gasteiger partial charge < -0.3 is 10.1 Å². The molecule has 0 saturated heterocycles. The van der Waals surface area contributed by atoms with Gasteiger partial charge in [-0.3, -0.25) is 4.79 Å². The monoisotopic (exact) mass is 227 g/mol. The van der Waals surface area contributed by atoms with Crippen molar-refractivity contribution in [3.05, 3.63) is 0 Å². The minimum absolute atomic E-state index is 0.0173. The smallest absolute Gasteiger partial charge is 0.246 e. The molecule has 1 amide bonds. The number of ether oxygens (including phenoxy) is 1. The van der Waals surface area contributed by atoms with Crippen molar-refractivity contribution in [1.82, 2.24) is 5.32 Å². The number of rotatable bonds is 3. The van der Waals surface area contributed by atoms with Crippen molar-refractivity contribution in [3.8, 4) is 0 Å². The van der Waals surface area contributed by atoms with Gasteiger partial charge in [0.15, 0.2) is 0 Å². The summed E-state index contributed by atoms with van der Waals surface area (Å²) in [6.45, 7) is 6.96. The zero-order valence-corrected chi connectivity index (χ0v) is 11.0. The quantitative estimate of drug-likeness (QED) is 0.803. The van der Waals surface area contributed by atoms with Crippen LogP contribution in [0.2, 0.25) is 0 Å². The molecule has 2 unspecified atom stereocenters. The Kier molecular flexibility index (Phi) is 4.78. The molecule has 1 rings (SSSR count). The fraction of sp³-hybridized carbons (Fsp3) is 0.923. The Morgan fingerprint density at radius 1 is 1.31 bits per heavy atom. The molecular formula is C13H25NO2. The first kappa shape index (κ1) is 13.5. The Balaban J connectivity index is 2.57. The third-order valence-corrected chi connectivity index (χ3v) is 3.50. The molecule has 0 spiro atoms. The molecule has 0 aromatic carbocycles. The number of hydrogen-bond donors (Lipinski definition) is 1. The van der Waals surface area contributed by atoms with E-state index in [0.717, 1.165) is 6.42 Å². The average Bonchev–Trinajstić information content (AvgIpc) is 2.17. The van der Waals surface area contributed by atoms with Crippen molar-refractivity contribution in [3.63, 3.8) is 0 Å². The van der Waals surface area contributed by atoms with Gasteiger partial charge in [-0.15, -0.1) is 0 Å². The molecule has 0 aromatic heterocycles. The molecule has 3 heteroatoms. The van der Waals surface area contributed by atoms with Gasteiger partial charge in [-0.25, -0.2) is 0 Å². The molecule has 1 N–H and O–H groups in total. The van der Waals surface area contributed by atoms with Crippen molar-refractivity contribution < 1.29 is 9.53 Å². The summed E-state index contributed by atoms with van der Waals surface area (Å²) < 4.78 is 4.85. The van der Waals surface area contributed by atoms with Crippen molar-refractivity contribution in [2.24, 2.45) is 11.3 Å². The normalized spacial score (nSPS) is 26.5. The van der Waals surface area contributed by atoms with E-state index in [2.05, 4.69) is 26.1 Å².